The first-order chi connectivity index (χ1) is 9.74. The molecule has 3 N–H and O–H groups in total. The molecule has 4 heteroatoms. The maximum absolute atomic E-state index is 12.1. The molecule has 0 spiro atoms. The van der Waals surface area contributed by atoms with Crippen molar-refractivity contribution >= 4 is 5.91 Å². The minimum Gasteiger partial charge on any atom is -0.354 e. The Morgan fingerprint density at radius 1 is 1.40 bits per heavy atom. The molecule has 2 rings (SSSR count). The minimum atomic E-state index is 0.0915. The van der Waals surface area contributed by atoms with Crippen LogP contribution in [0.15, 0.2) is 24.3 Å². The van der Waals surface area contributed by atoms with E-state index >= 15 is 0 Å². The zero-order valence-electron chi connectivity index (χ0n) is 12.3. The van der Waals surface area contributed by atoms with Gasteiger partial charge in [0.05, 0.1) is 6.42 Å². The van der Waals surface area contributed by atoms with Crippen molar-refractivity contribution in [2.45, 2.75) is 38.8 Å². The molecule has 0 bridgehead atoms. The second-order valence-electron chi connectivity index (χ2n) is 5.38. The summed E-state index contributed by atoms with van der Waals surface area (Å²) >= 11 is 0. The van der Waals surface area contributed by atoms with Gasteiger partial charge in [0, 0.05) is 19.1 Å². The van der Waals surface area contributed by atoms with Crippen LogP contribution in [0.2, 0.25) is 0 Å². The topological polar surface area (TPSA) is 58.4 Å². The third-order valence-electron chi connectivity index (χ3n) is 4.13. The van der Waals surface area contributed by atoms with Gasteiger partial charge in [0.15, 0.2) is 0 Å². The average molecular weight is 275 g/mol. The molecule has 1 fully saturated rings. The van der Waals surface area contributed by atoms with Crippen LogP contribution in [0.4, 0.5) is 0 Å². The van der Waals surface area contributed by atoms with Crippen LogP contribution >= 0.6 is 0 Å². The molecule has 1 aromatic carbocycles. The van der Waals surface area contributed by atoms with Gasteiger partial charge in [0.25, 0.3) is 0 Å². The number of hydrogen-bond donors (Lipinski definition) is 2. The van der Waals surface area contributed by atoms with Gasteiger partial charge in [-0.2, -0.15) is 0 Å². The Balaban J connectivity index is 1.83. The predicted octanol–water partition coefficient (Wildman–Crippen LogP) is 1.29. The van der Waals surface area contributed by atoms with E-state index in [4.69, 9.17) is 5.73 Å². The highest BCUT2D eigenvalue weighted by Crippen LogP contribution is 2.15. The second-order valence-corrected chi connectivity index (χ2v) is 5.38. The number of carbonyl (C=O) groups excluding carboxylic acids is 1. The van der Waals surface area contributed by atoms with E-state index in [1.807, 2.05) is 24.3 Å². The number of carbonyl (C=O) groups is 1. The van der Waals surface area contributed by atoms with E-state index in [-0.39, 0.29) is 5.91 Å². The summed E-state index contributed by atoms with van der Waals surface area (Å²) in [6.07, 6.45) is 2.85. The number of nitrogens with zero attached hydrogens (tertiary/aromatic N) is 1. The second kappa shape index (κ2) is 7.41. The number of hydrogen-bond acceptors (Lipinski definition) is 3. The number of rotatable bonds is 6. The summed E-state index contributed by atoms with van der Waals surface area (Å²) in [5.74, 6) is 0.0915. The number of nitrogens with one attached hydrogen (secondary N) is 1. The highest BCUT2D eigenvalue weighted by Gasteiger charge is 2.23. The van der Waals surface area contributed by atoms with Crippen LogP contribution in [-0.4, -0.2) is 36.5 Å². The molecule has 1 aliphatic heterocycles. The van der Waals surface area contributed by atoms with Crippen molar-refractivity contribution in [1.29, 1.82) is 0 Å². The van der Waals surface area contributed by atoms with Gasteiger partial charge in [0.1, 0.15) is 0 Å². The van der Waals surface area contributed by atoms with Crippen molar-refractivity contribution in [2.75, 3.05) is 19.6 Å². The van der Waals surface area contributed by atoms with Crippen molar-refractivity contribution < 1.29 is 4.79 Å². The fourth-order valence-electron chi connectivity index (χ4n) is 2.94. The SMILES string of the molecule is CCN1CCCC1CNC(=O)Cc1ccccc1CN. The van der Waals surface area contributed by atoms with E-state index in [0.29, 0.717) is 19.0 Å². The van der Waals surface area contributed by atoms with Gasteiger partial charge < -0.3 is 11.1 Å². The van der Waals surface area contributed by atoms with E-state index in [0.717, 1.165) is 30.8 Å². The molecule has 1 amide bonds. The molecular weight excluding hydrogens is 250 g/mol. The van der Waals surface area contributed by atoms with Crippen LogP contribution in [0, 0.1) is 0 Å². The zero-order valence-corrected chi connectivity index (χ0v) is 12.3. The van der Waals surface area contributed by atoms with Crippen molar-refractivity contribution in [3.05, 3.63) is 35.4 Å². The first kappa shape index (κ1) is 15.0. The summed E-state index contributed by atoms with van der Waals surface area (Å²) in [5, 5.41) is 3.07. The van der Waals surface area contributed by atoms with E-state index in [1.165, 1.54) is 12.8 Å². The Morgan fingerprint density at radius 3 is 2.85 bits per heavy atom. The lowest BCUT2D eigenvalue weighted by molar-refractivity contribution is -0.120. The zero-order chi connectivity index (χ0) is 14.4. The molecule has 0 aromatic heterocycles. The van der Waals surface area contributed by atoms with Gasteiger partial charge in [0.2, 0.25) is 5.91 Å². The number of likely N-dealkylation sites (N-methyl/N-ethyl adjacent to an activating group) is 1. The van der Waals surface area contributed by atoms with Crippen molar-refractivity contribution in [3.63, 3.8) is 0 Å². The van der Waals surface area contributed by atoms with Gasteiger partial charge in [-0.05, 0) is 37.1 Å². The third kappa shape index (κ3) is 3.81. The first-order valence-electron chi connectivity index (χ1n) is 7.52. The van der Waals surface area contributed by atoms with Gasteiger partial charge >= 0.3 is 0 Å². The van der Waals surface area contributed by atoms with Crippen LogP contribution in [0.1, 0.15) is 30.9 Å². The van der Waals surface area contributed by atoms with E-state index in [2.05, 4.69) is 17.1 Å². The van der Waals surface area contributed by atoms with Crippen molar-refractivity contribution in [2.24, 2.45) is 5.73 Å². The normalized spacial score (nSPS) is 19.2. The van der Waals surface area contributed by atoms with E-state index in [9.17, 15) is 4.79 Å². The van der Waals surface area contributed by atoms with Crippen molar-refractivity contribution in [1.82, 2.24) is 10.2 Å². The quantitative estimate of drug-likeness (QED) is 0.822. The highest BCUT2D eigenvalue weighted by atomic mass is 16.1. The fraction of sp³-hybridized carbons (Fsp3) is 0.562. The van der Waals surface area contributed by atoms with Gasteiger partial charge in [-0.25, -0.2) is 0 Å². The number of likely N-dealkylation sites (tertiary alicyclic amines) is 1. The lowest BCUT2D eigenvalue weighted by Gasteiger charge is -2.23. The maximum atomic E-state index is 12.1. The van der Waals surface area contributed by atoms with Crippen LogP contribution < -0.4 is 11.1 Å². The number of amides is 1. The van der Waals surface area contributed by atoms with E-state index in [1.54, 1.807) is 0 Å². The summed E-state index contributed by atoms with van der Waals surface area (Å²) in [4.78, 5) is 14.5. The molecule has 20 heavy (non-hydrogen) atoms. The lowest BCUT2D eigenvalue weighted by atomic mass is 10.0. The van der Waals surface area contributed by atoms with E-state index < -0.39 is 0 Å². The summed E-state index contributed by atoms with van der Waals surface area (Å²) in [7, 11) is 0. The molecule has 1 unspecified atom stereocenters. The smallest absolute Gasteiger partial charge is 0.224 e. The Kier molecular flexibility index (Phi) is 5.56. The fourth-order valence-corrected chi connectivity index (χ4v) is 2.94. The standard InChI is InChI=1S/C16H25N3O/c1-2-19-9-5-8-15(19)12-18-16(20)10-13-6-3-4-7-14(13)11-17/h3-4,6-7,15H,2,5,8-12,17H2,1H3,(H,18,20). The molecule has 0 radical (unpaired) electrons. The Bertz CT molecular complexity index is 447. The Hall–Kier alpha value is -1.39. The van der Waals surface area contributed by atoms with Crippen LogP contribution in [-0.2, 0) is 17.8 Å². The lowest BCUT2D eigenvalue weighted by Crippen LogP contribution is -2.40. The first-order valence-corrected chi connectivity index (χ1v) is 7.52. The summed E-state index contributed by atoms with van der Waals surface area (Å²) in [6, 6.07) is 8.39. The molecule has 1 aromatic rings. The molecule has 1 aliphatic rings. The summed E-state index contributed by atoms with van der Waals surface area (Å²) in [5.41, 5.74) is 7.79. The molecule has 0 aliphatic carbocycles. The van der Waals surface area contributed by atoms with Crippen LogP contribution in [0.25, 0.3) is 0 Å². The predicted molar refractivity (Wildman–Crippen MR) is 81.3 cm³/mol. The molecule has 4 nitrogen and oxygen atoms in total. The largest absolute Gasteiger partial charge is 0.354 e. The van der Waals surface area contributed by atoms with Crippen LogP contribution in [0.5, 0.6) is 0 Å². The Morgan fingerprint density at radius 2 is 2.15 bits per heavy atom. The third-order valence-corrected chi connectivity index (χ3v) is 4.13. The summed E-state index contributed by atoms with van der Waals surface area (Å²) in [6.45, 7) is 5.65. The molecule has 1 heterocycles. The van der Waals surface area contributed by atoms with Crippen molar-refractivity contribution in [3.8, 4) is 0 Å². The Labute approximate surface area is 121 Å². The van der Waals surface area contributed by atoms with Gasteiger partial charge in [-0.3, -0.25) is 9.69 Å². The number of nitrogens with two attached hydrogens (primary N) is 1. The molecular formula is C16H25N3O. The van der Waals surface area contributed by atoms with Gasteiger partial charge in [-0.15, -0.1) is 0 Å². The minimum absolute atomic E-state index is 0.0915. The molecule has 1 atom stereocenters. The monoisotopic (exact) mass is 275 g/mol. The molecule has 1 saturated heterocycles. The molecule has 110 valence electrons. The maximum Gasteiger partial charge on any atom is 0.224 e. The highest BCUT2D eigenvalue weighted by molar-refractivity contribution is 5.78. The average Bonchev–Trinajstić information content (AvgIpc) is 2.93. The summed E-state index contributed by atoms with van der Waals surface area (Å²) < 4.78 is 0. The van der Waals surface area contributed by atoms with Gasteiger partial charge in [-0.1, -0.05) is 31.2 Å². The molecule has 0 saturated carbocycles. The van der Waals surface area contributed by atoms with Crippen LogP contribution in [0.3, 0.4) is 0 Å². The number of benzene rings is 1.